The van der Waals surface area contributed by atoms with E-state index >= 15 is 0 Å². The second kappa shape index (κ2) is 8.35. The van der Waals surface area contributed by atoms with Gasteiger partial charge in [0.2, 0.25) is 5.91 Å². The number of carbonyl (C=O) groups excluding carboxylic acids is 1. The Kier molecular flexibility index (Phi) is 7.92. The largest absolute Gasteiger partial charge is 0.411 e. The molecule has 0 aliphatic rings. The zero-order valence-electron chi connectivity index (χ0n) is 9.19. The molecule has 0 unspecified atom stereocenters. The van der Waals surface area contributed by atoms with Crippen molar-refractivity contribution in [3.8, 4) is 0 Å². The van der Waals surface area contributed by atoms with Crippen LogP contribution < -0.4 is 10.6 Å². The van der Waals surface area contributed by atoms with E-state index in [1.165, 1.54) is 6.92 Å². The second-order valence-corrected chi connectivity index (χ2v) is 3.25. The predicted octanol–water partition coefficient (Wildman–Crippen LogP) is 0.681. The number of nitrogens with one attached hydrogen (secondary N) is 2. The predicted molar refractivity (Wildman–Crippen MR) is 53.0 cm³/mol. The molecule has 1 amide bonds. The third-order valence-electron chi connectivity index (χ3n) is 1.58. The first-order valence-corrected chi connectivity index (χ1v) is 5.01. The summed E-state index contributed by atoms with van der Waals surface area (Å²) < 4.78 is 39.3. The monoisotopic (exact) mass is 242 g/mol. The minimum atomic E-state index is -4.25. The summed E-state index contributed by atoms with van der Waals surface area (Å²) in [6.45, 7) is 1.98. The van der Waals surface area contributed by atoms with Crippen LogP contribution in [0.15, 0.2) is 0 Å². The topological polar surface area (TPSA) is 50.4 Å². The van der Waals surface area contributed by atoms with Gasteiger partial charge in [0, 0.05) is 26.6 Å². The number of hydrogen-bond donors (Lipinski definition) is 2. The fraction of sp³-hybridized carbons (Fsp3) is 0.889. The summed E-state index contributed by atoms with van der Waals surface area (Å²) in [7, 11) is 0. The van der Waals surface area contributed by atoms with E-state index in [0.717, 1.165) is 0 Å². The molecule has 0 fully saturated rings. The average molecular weight is 242 g/mol. The first-order valence-electron chi connectivity index (χ1n) is 5.01. The second-order valence-electron chi connectivity index (χ2n) is 3.25. The molecule has 0 aromatic carbocycles. The van der Waals surface area contributed by atoms with E-state index in [2.05, 4.69) is 15.4 Å². The molecule has 7 heteroatoms. The van der Waals surface area contributed by atoms with E-state index in [9.17, 15) is 18.0 Å². The lowest BCUT2D eigenvalue weighted by Crippen LogP contribution is -2.31. The summed E-state index contributed by atoms with van der Waals surface area (Å²) in [6, 6.07) is 0. The summed E-state index contributed by atoms with van der Waals surface area (Å²) in [5.74, 6) is -0.102. The highest BCUT2D eigenvalue weighted by Gasteiger charge is 2.26. The van der Waals surface area contributed by atoms with Crippen molar-refractivity contribution in [2.24, 2.45) is 0 Å². The average Bonchev–Trinajstić information content (AvgIpc) is 2.13. The molecule has 0 aliphatic heterocycles. The zero-order chi connectivity index (χ0) is 12.4. The van der Waals surface area contributed by atoms with Crippen molar-refractivity contribution in [1.29, 1.82) is 0 Å². The Morgan fingerprint density at radius 1 is 1.25 bits per heavy atom. The number of halogens is 3. The van der Waals surface area contributed by atoms with Gasteiger partial charge >= 0.3 is 6.18 Å². The molecule has 0 heterocycles. The summed E-state index contributed by atoms with van der Waals surface area (Å²) in [4.78, 5) is 10.4. The summed E-state index contributed by atoms with van der Waals surface area (Å²) in [6.07, 6.45) is -3.74. The highest BCUT2D eigenvalue weighted by molar-refractivity contribution is 5.72. The van der Waals surface area contributed by atoms with E-state index in [4.69, 9.17) is 0 Å². The van der Waals surface area contributed by atoms with Gasteiger partial charge in [-0.2, -0.15) is 13.2 Å². The maximum Gasteiger partial charge on any atom is 0.411 e. The Hall–Kier alpha value is -0.820. The van der Waals surface area contributed by atoms with Crippen LogP contribution in [-0.4, -0.2) is 44.9 Å². The molecule has 0 saturated carbocycles. The van der Waals surface area contributed by atoms with E-state index in [1.807, 2.05) is 0 Å². The lowest BCUT2D eigenvalue weighted by molar-refractivity contribution is -0.173. The van der Waals surface area contributed by atoms with Crippen LogP contribution in [0.3, 0.4) is 0 Å². The van der Waals surface area contributed by atoms with Gasteiger partial charge in [0.05, 0.1) is 0 Å². The summed E-state index contributed by atoms with van der Waals surface area (Å²) >= 11 is 0. The quantitative estimate of drug-likeness (QED) is 0.615. The Morgan fingerprint density at radius 2 is 1.94 bits per heavy atom. The van der Waals surface area contributed by atoms with Crippen molar-refractivity contribution in [3.63, 3.8) is 0 Å². The molecule has 0 rings (SSSR count). The summed E-state index contributed by atoms with van der Waals surface area (Å²) in [5.41, 5.74) is 0. The minimum absolute atomic E-state index is 0.0760. The number of carbonyl (C=O) groups is 1. The van der Waals surface area contributed by atoms with Gasteiger partial charge < -0.3 is 15.4 Å². The molecule has 0 spiro atoms. The molecule has 0 aromatic rings. The van der Waals surface area contributed by atoms with Gasteiger partial charge in [0.15, 0.2) is 0 Å². The molecule has 0 bridgehead atoms. The summed E-state index contributed by atoms with van der Waals surface area (Å²) in [5, 5.41) is 5.55. The Balaban J connectivity index is 3.07. The van der Waals surface area contributed by atoms with Gasteiger partial charge in [-0.15, -0.1) is 0 Å². The van der Waals surface area contributed by atoms with Crippen molar-refractivity contribution in [2.45, 2.75) is 19.5 Å². The number of ether oxygens (including phenoxy) is 1. The third kappa shape index (κ3) is 13.2. The number of alkyl halides is 3. The van der Waals surface area contributed by atoms with E-state index < -0.39 is 12.8 Å². The van der Waals surface area contributed by atoms with Crippen LogP contribution in [0.25, 0.3) is 0 Å². The number of amides is 1. The molecule has 0 atom stereocenters. The maximum absolute atomic E-state index is 11.6. The van der Waals surface area contributed by atoms with Crippen LogP contribution >= 0.6 is 0 Å². The Labute approximate surface area is 92.5 Å². The molecule has 2 N–H and O–H groups in total. The molecule has 0 aromatic heterocycles. The maximum atomic E-state index is 11.6. The Morgan fingerprint density at radius 3 is 2.50 bits per heavy atom. The van der Waals surface area contributed by atoms with Crippen LogP contribution in [0, 0.1) is 0 Å². The number of hydrogen-bond acceptors (Lipinski definition) is 3. The van der Waals surface area contributed by atoms with E-state index in [-0.39, 0.29) is 12.5 Å². The molecule has 0 aliphatic carbocycles. The van der Waals surface area contributed by atoms with Gasteiger partial charge in [-0.25, -0.2) is 0 Å². The lowest BCUT2D eigenvalue weighted by Gasteiger charge is -2.08. The third-order valence-corrected chi connectivity index (χ3v) is 1.58. The normalized spacial score (nSPS) is 11.5. The standard InChI is InChI=1S/C9H17F3N2O2/c1-8(15)14-5-4-13-3-2-6-16-7-9(10,11)12/h13H,2-7H2,1H3,(H,14,15). The van der Waals surface area contributed by atoms with Crippen LogP contribution in [0.5, 0.6) is 0 Å². The highest BCUT2D eigenvalue weighted by atomic mass is 19.4. The van der Waals surface area contributed by atoms with Crippen LogP contribution in [-0.2, 0) is 9.53 Å². The fourth-order valence-corrected chi connectivity index (χ4v) is 0.939. The van der Waals surface area contributed by atoms with Crippen molar-refractivity contribution in [1.82, 2.24) is 10.6 Å². The van der Waals surface area contributed by atoms with Crippen LogP contribution in [0.1, 0.15) is 13.3 Å². The van der Waals surface area contributed by atoms with E-state index in [0.29, 0.717) is 26.1 Å². The van der Waals surface area contributed by atoms with Gasteiger partial charge in [-0.3, -0.25) is 4.79 Å². The molecule has 96 valence electrons. The number of rotatable bonds is 8. The molecular weight excluding hydrogens is 225 g/mol. The van der Waals surface area contributed by atoms with Crippen LogP contribution in [0.4, 0.5) is 13.2 Å². The van der Waals surface area contributed by atoms with Gasteiger partial charge in [0.1, 0.15) is 6.61 Å². The highest BCUT2D eigenvalue weighted by Crippen LogP contribution is 2.14. The van der Waals surface area contributed by atoms with Gasteiger partial charge in [-0.1, -0.05) is 0 Å². The van der Waals surface area contributed by atoms with Gasteiger partial charge in [0.25, 0.3) is 0 Å². The molecule has 16 heavy (non-hydrogen) atoms. The Bertz CT molecular complexity index is 198. The minimum Gasteiger partial charge on any atom is -0.372 e. The first kappa shape index (κ1) is 15.2. The molecule has 4 nitrogen and oxygen atoms in total. The van der Waals surface area contributed by atoms with Crippen molar-refractivity contribution >= 4 is 5.91 Å². The molecular formula is C9H17F3N2O2. The van der Waals surface area contributed by atoms with Crippen LogP contribution in [0.2, 0.25) is 0 Å². The van der Waals surface area contributed by atoms with Crippen molar-refractivity contribution in [3.05, 3.63) is 0 Å². The molecule has 0 radical (unpaired) electrons. The lowest BCUT2D eigenvalue weighted by atomic mass is 10.4. The van der Waals surface area contributed by atoms with Gasteiger partial charge in [-0.05, 0) is 13.0 Å². The zero-order valence-corrected chi connectivity index (χ0v) is 9.19. The van der Waals surface area contributed by atoms with Crippen molar-refractivity contribution in [2.75, 3.05) is 32.8 Å². The smallest absolute Gasteiger partial charge is 0.372 e. The fourth-order valence-electron chi connectivity index (χ4n) is 0.939. The van der Waals surface area contributed by atoms with E-state index in [1.54, 1.807) is 0 Å². The molecule has 0 saturated heterocycles. The first-order chi connectivity index (χ1) is 7.42. The van der Waals surface area contributed by atoms with Crippen molar-refractivity contribution < 1.29 is 22.7 Å². The SMILES string of the molecule is CC(=O)NCCNCCCOCC(F)(F)F.